The molecule has 0 spiro atoms. The molecule has 0 bridgehead atoms. The molecule has 1 aliphatic rings. The molecule has 0 amide bonds. The van der Waals surface area contributed by atoms with Gasteiger partial charge in [-0.05, 0) is 17.3 Å². The molecule has 0 unspecified atom stereocenters. The number of rotatable bonds is 10. The van der Waals surface area contributed by atoms with E-state index in [1.54, 1.807) is 0 Å². The first kappa shape index (κ1) is 25.6. The molecule has 0 saturated carbocycles. The Labute approximate surface area is 183 Å². The molecule has 1 rings (SSSR count). The first-order valence-corrected chi connectivity index (χ1v) is 10.7. The molecule has 0 radical (unpaired) electrons. The summed E-state index contributed by atoms with van der Waals surface area (Å²) in [6.07, 6.45) is -4.01. The quantitative estimate of drug-likeness (QED) is 0.134. The summed E-state index contributed by atoms with van der Waals surface area (Å²) in [5, 5.41) is 0. The summed E-state index contributed by atoms with van der Waals surface area (Å²) in [4.78, 5) is 46.2. The number of carbonyl (C=O) groups excluding carboxylic acids is 4. The second-order valence-corrected chi connectivity index (χ2v) is 7.41. The van der Waals surface area contributed by atoms with E-state index >= 15 is 0 Å². The third-order valence-electron chi connectivity index (χ3n) is 3.76. The van der Waals surface area contributed by atoms with Crippen molar-refractivity contribution >= 4 is 46.5 Å². The van der Waals surface area contributed by atoms with E-state index in [-0.39, 0.29) is 6.61 Å². The normalized spacial score (nSPS) is 26.3. The highest BCUT2D eigenvalue weighted by atomic mass is 127. The number of halogens is 1. The summed E-state index contributed by atoms with van der Waals surface area (Å²) in [5.74, 6) is -2.58. The number of hydrogen-bond donors (Lipinski definition) is 0. The fourth-order valence-electron chi connectivity index (χ4n) is 2.72. The Morgan fingerprint density at radius 2 is 1.34 bits per heavy atom. The molecule has 1 saturated heterocycles. The lowest BCUT2D eigenvalue weighted by Gasteiger charge is -2.44. The van der Waals surface area contributed by atoms with E-state index in [1.807, 2.05) is 0 Å². The number of hydrogen-bond acceptors (Lipinski definition) is 10. The fraction of sp³-hybridized carbons (Fsp3) is 0.778. The first-order chi connectivity index (χ1) is 13.6. The zero-order valence-electron chi connectivity index (χ0n) is 16.9. The Bertz CT molecular complexity index is 581. The van der Waals surface area contributed by atoms with E-state index in [0.29, 0.717) is 6.61 Å². The van der Waals surface area contributed by atoms with Gasteiger partial charge in [-0.1, -0.05) is 22.6 Å². The summed E-state index contributed by atoms with van der Waals surface area (Å²) < 4.78 is 33.4. The maximum absolute atomic E-state index is 11.7. The third-order valence-corrected chi connectivity index (χ3v) is 4.52. The molecule has 1 heterocycles. The SMILES string of the molecule is CC(=O)OC[C@H]1O[C@H](OCCCCI)[C@H](OC(C)=O)[C@@H](OC(C)=O)[C@@H]1OC(C)=O. The van der Waals surface area contributed by atoms with Crippen LogP contribution in [0.15, 0.2) is 0 Å². The maximum Gasteiger partial charge on any atom is 0.303 e. The predicted octanol–water partition coefficient (Wildman–Crippen LogP) is 1.30. The van der Waals surface area contributed by atoms with Gasteiger partial charge in [0.2, 0.25) is 0 Å². The van der Waals surface area contributed by atoms with Gasteiger partial charge < -0.3 is 28.4 Å². The second kappa shape index (κ2) is 13.0. The summed E-state index contributed by atoms with van der Waals surface area (Å²) in [7, 11) is 0. The van der Waals surface area contributed by atoms with Gasteiger partial charge in [-0.3, -0.25) is 19.2 Å². The van der Waals surface area contributed by atoms with Crippen LogP contribution in [0.2, 0.25) is 0 Å². The lowest BCUT2D eigenvalue weighted by Crippen LogP contribution is -2.63. The van der Waals surface area contributed by atoms with E-state index in [0.717, 1.165) is 17.3 Å². The first-order valence-electron chi connectivity index (χ1n) is 9.13. The van der Waals surface area contributed by atoms with Crippen LogP contribution in [0.4, 0.5) is 0 Å². The summed E-state index contributed by atoms with van der Waals surface area (Å²) >= 11 is 2.24. The fourth-order valence-corrected chi connectivity index (χ4v) is 3.26. The van der Waals surface area contributed by atoms with Crippen molar-refractivity contribution in [3.8, 4) is 0 Å². The van der Waals surface area contributed by atoms with Crippen molar-refractivity contribution in [1.82, 2.24) is 0 Å². The number of esters is 4. The average molecular weight is 530 g/mol. The Hall–Kier alpha value is -1.47. The van der Waals surface area contributed by atoms with Crippen molar-refractivity contribution in [2.24, 2.45) is 0 Å². The molecule has 5 atom stereocenters. The van der Waals surface area contributed by atoms with E-state index in [9.17, 15) is 19.2 Å². The summed E-state index contributed by atoms with van der Waals surface area (Å²) in [6, 6.07) is 0. The predicted molar refractivity (Wildman–Crippen MR) is 106 cm³/mol. The minimum atomic E-state index is -1.20. The molecule has 166 valence electrons. The zero-order chi connectivity index (χ0) is 22.0. The Kier molecular flexibility index (Phi) is 11.4. The van der Waals surface area contributed by atoms with E-state index in [4.69, 9.17) is 28.4 Å². The molecular weight excluding hydrogens is 503 g/mol. The van der Waals surface area contributed by atoms with Crippen LogP contribution in [0.3, 0.4) is 0 Å². The third kappa shape index (κ3) is 9.26. The van der Waals surface area contributed by atoms with Crippen molar-refractivity contribution in [3.63, 3.8) is 0 Å². The van der Waals surface area contributed by atoms with Crippen molar-refractivity contribution in [2.45, 2.75) is 71.2 Å². The molecule has 10 nitrogen and oxygen atoms in total. The van der Waals surface area contributed by atoms with Crippen molar-refractivity contribution in [1.29, 1.82) is 0 Å². The molecule has 1 aliphatic heterocycles. The zero-order valence-corrected chi connectivity index (χ0v) is 19.0. The topological polar surface area (TPSA) is 124 Å². The van der Waals surface area contributed by atoms with E-state index in [1.165, 1.54) is 27.7 Å². The largest absolute Gasteiger partial charge is 0.463 e. The van der Waals surface area contributed by atoms with Crippen molar-refractivity contribution < 1.29 is 47.6 Å². The molecule has 11 heteroatoms. The molecule has 0 aromatic rings. The highest BCUT2D eigenvalue weighted by molar-refractivity contribution is 14.1. The van der Waals surface area contributed by atoms with Crippen LogP contribution in [0.25, 0.3) is 0 Å². The van der Waals surface area contributed by atoms with Crippen LogP contribution < -0.4 is 0 Å². The lowest BCUT2D eigenvalue weighted by atomic mass is 9.98. The maximum atomic E-state index is 11.7. The van der Waals surface area contributed by atoms with Crippen LogP contribution in [-0.2, 0) is 47.6 Å². The number of ether oxygens (including phenoxy) is 6. The molecule has 0 N–H and O–H groups in total. The van der Waals surface area contributed by atoms with Crippen LogP contribution in [-0.4, -0.2) is 72.2 Å². The van der Waals surface area contributed by atoms with Crippen LogP contribution >= 0.6 is 22.6 Å². The molecule has 0 aromatic carbocycles. The van der Waals surface area contributed by atoms with Crippen LogP contribution in [0.1, 0.15) is 40.5 Å². The molecule has 1 fully saturated rings. The van der Waals surface area contributed by atoms with Gasteiger partial charge in [0, 0.05) is 34.3 Å². The molecular formula is C18H27IO10. The average Bonchev–Trinajstić information content (AvgIpc) is 2.60. The van der Waals surface area contributed by atoms with Gasteiger partial charge >= 0.3 is 23.9 Å². The molecule has 0 aromatic heterocycles. The van der Waals surface area contributed by atoms with Crippen molar-refractivity contribution in [3.05, 3.63) is 0 Å². The van der Waals surface area contributed by atoms with Gasteiger partial charge in [-0.25, -0.2) is 0 Å². The molecule has 0 aliphatic carbocycles. The number of alkyl halides is 1. The van der Waals surface area contributed by atoms with Crippen LogP contribution in [0.5, 0.6) is 0 Å². The monoisotopic (exact) mass is 530 g/mol. The smallest absolute Gasteiger partial charge is 0.303 e. The van der Waals surface area contributed by atoms with Crippen molar-refractivity contribution in [2.75, 3.05) is 17.6 Å². The van der Waals surface area contributed by atoms with Crippen LogP contribution in [0, 0.1) is 0 Å². The lowest BCUT2D eigenvalue weighted by molar-refractivity contribution is -0.308. The Morgan fingerprint density at radius 3 is 1.86 bits per heavy atom. The Morgan fingerprint density at radius 1 is 0.793 bits per heavy atom. The summed E-state index contributed by atoms with van der Waals surface area (Å²) in [6.45, 7) is 4.77. The second-order valence-electron chi connectivity index (χ2n) is 6.33. The highest BCUT2D eigenvalue weighted by Gasteiger charge is 2.52. The molecule has 29 heavy (non-hydrogen) atoms. The van der Waals surface area contributed by atoms with Gasteiger partial charge in [-0.2, -0.15) is 0 Å². The Balaban J connectivity index is 3.17. The highest BCUT2D eigenvalue weighted by Crippen LogP contribution is 2.30. The minimum Gasteiger partial charge on any atom is -0.463 e. The number of unbranched alkanes of at least 4 members (excludes halogenated alkanes) is 1. The van der Waals surface area contributed by atoms with E-state index < -0.39 is 54.6 Å². The van der Waals surface area contributed by atoms with Gasteiger partial charge in [0.25, 0.3) is 0 Å². The standard InChI is InChI=1S/C18H27IO10/c1-10(20)25-9-14-15(26-11(2)21)16(27-12(3)22)17(28-13(4)23)18(29-14)24-8-6-5-7-19/h14-18H,5-9H2,1-4H3/t14-,15-,16+,17-,18+/m1/s1. The van der Waals surface area contributed by atoms with Gasteiger partial charge in [0.15, 0.2) is 24.6 Å². The van der Waals surface area contributed by atoms with Gasteiger partial charge in [0.1, 0.15) is 12.7 Å². The number of carbonyl (C=O) groups is 4. The summed E-state index contributed by atoms with van der Waals surface area (Å²) in [5.41, 5.74) is 0. The van der Waals surface area contributed by atoms with Gasteiger partial charge in [-0.15, -0.1) is 0 Å². The van der Waals surface area contributed by atoms with E-state index in [2.05, 4.69) is 22.6 Å². The van der Waals surface area contributed by atoms with Gasteiger partial charge in [0.05, 0.1) is 0 Å². The minimum absolute atomic E-state index is 0.272.